The number of β-amino-alcohol motifs (C(OH)–C–C–N with tert-alkyl or cyclic N) is 1. The SMILES string of the molecule is C[C@@H]1CN(c2ncc(Cl)c(Nc3ccc4c(c3)n(CCC3(O)CN(C)C3)c(=O)c(=O)n4C)n2)C[C@H](C)C1(F)F. The number of aryl methyl sites for hydroxylation is 2. The number of fused-ring (bicyclic) bond motifs is 1. The minimum Gasteiger partial charge on any atom is -0.387 e. The van der Waals surface area contributed by atoms with Gasteiger partial charge in [-0.15, -0.1) is 0 Å². The Bertz CT molecular complexity index is 1520. The van der Waals surface area contributed by atoms with E-state index in [4.69, 9.17) is 11.6 Å². The fraction of sp³-hybridized carbons (Fsp3) is 0.538. The van der Waals surface area contributed by atoms with Crippen molar-refractivity contribution in [1.82, 2.24) is 24.0 Å². The second-order valence-corrected chi connectivity index (χ2v) is 11.5. The number of hydrogen-bond donors (Lipinski definition) is 2. The van der Waals surface area contributed by atoms with Crippen LogP contribution in [0.15, 0.2) is 34.0 Å². The molecule has 0 radical (unpaired) electrons. The molecule has 210 valence electrons. The Morgan fingerprint density at radius 1 is 1.10 bits per heavy atom. The summed E-state index contributed by atoms with van der Waals surface area (Å²) in [5, 5.41) is 14.1. The first-order chi connectivity index (χ1) is 18.3. The van der Waals surface area contributed by atoms with Crippen LogP contribution in [-0.2, 0) is 13.6 Å². The number of halogens is 3. The third-order valence-corrected chi connectivity index (χ3v) is 8.15. The summed E-state index contributed by atoms with van der Waals surface area (Å²) in [6.45, 7) is 4.42. The van der Waals surface area contributed by atoms with Crippen molar-refractivity contribution in [2.75, 3.05) is 43.4 Å². The van der Waals surface area contributed by atoms with Gasteiger partial charge in [0, 0.05) is 57.3 Å². The van der Waals surface area contributed by atoms with Gasteiger partial charge in [0.25, 0.3) is 5.92 Å². The number of likely N-dealkylation sites (tertiary alicyclic amines) is 1. The highest BCUT2D eigenvalue weighted by atomic mass is 35.5. The van der Waals surface area contributed by atoms with Crippen LogP contribution in [0.3, 0.4) is 0 Å². The summed E-state index contributed by atoms with van der Waals surface area (Å²) in [7, 11) is 3.44. The van der Waals surface area contributed by atoms with Crippen LogP contribution in [-0.4, -0.2) is 73.9 Å². The minimum absolute atomic E-state index is 0.108. The Morgan fingerprint density at radius 3 is 2.41 bits per heavy atom. The highest BCUT2D eigenvalue weighted by molar-refractivity contribution is 6.32. The van der Waals surface area contributed by atoms with Gasteiger partial charge in [-0.2, -0.15) is 4.98 Å². The van der Waals surface area contributed by atoms with Gasteiger partial charge in [-0.3, -0.25) is 9.59 Å². The molecule has 0 amide bonds. The third kappa shape index (κ3) is 5.01. The number of aliphatic hydroxyl groups is 1. The summed E-state index contributed by atoms with van der Waals surface area (Å²) in [5.41, 5.74) is -0.625. The summed E-state index contributed by atoms with van der Waals surface area (Å²) in [4.78, 5) is 38.1. The molecule has 2 aliphatic rings. The van der Waals surface area contributed by atoms with E-state index in [0.717, 1.165) is 0 Å². The lowest BCUT2D eigenvalue weighted by Crippen LogP contribution is -2.60. The molecule has 2 atom stereocenters. The first-order valence-electron chi connectivity index (χ1n) is 12.9. The maximum atomic E-state index is 14.4. The number of aromatic nitrogens is 4. The smallest absolute Gasteiger partial charge is 0.316 e. The Kier molecular flexibility index (Phi) is 6.92. The Morgan fingerprint density at radius 2 is 1.77 bits per heavy atom. The molecule has 2 aliphatic heterocycles. The largest absolute Gasteiger partial charge is 0.387 e. The van der Waals surface area contributed by atoms with E-state index < -0.39 is 34.5 Å². The number of alkyl halides is 2. The Balaban J connectivity index is 1.46. The molecule has 2 N–H and O–H groups in total. The van der Waals surface area contributed by atoms with E-state index in [2.05, 4.69) is 15.3 Å². The lowest BCUT2D eigenvalue weighted by atomic mass is 9.87. The molecule has 1 aromatic carbocycles. The molecule has 2 aromatic heterocycles. The number of benzene rings is 1. The number of anilines is 3. The molecule has 5 rings (SSSR count). The quantitative estimate of drug-likeness (QED) is 0.441. The second-order valence-electron chi connectivity index (χ2n) is 11.0. The fourth-order valence-electron chi connectivity index (χ4n) is 5.60. The minimum atomic E-state index is -2.77. The molecule has 0 bridgehead atoms. The van der Waals surface area contributed by atoms with Crippen LogP contribution in [0, 0.1) is 11.8 Å². The highest BCUT2D eigenvalue weighted by Gasteiger charge is 2.47. The van der Waals surface area contributed by atoms with Crippen molar-refractivity contribution in [1.29, 1.82) is 0 Å². The lowest BCUT2D eigenvalue weighted by molar-refractivity contribution is -0.105. The van der Waals surface area contributed by atoms with Crippen LogP contribution in [0.25, 0.3) is 11.0 Å². The molecular weight excluding hydrogens is 532 g/mol. The van der Waals surface area contributed by atoms with Gasteiger partial charge >= 0.3 is 11.1 Å². The highest BCUT2D eigenvalue weighted by Crippen LogP contribution is 2.39. The van der Waals surface area contributed by atoms with Crippen molar-refractivity contribution in [2.24, 2.45) is 18.9 Å². The fourth-order valence-corrected chi connectivity index (χ4v) is 5.74. The van der Waals surface area contributed by atoms with Crippen molar-refractivity contribution < 1.29 is 13.9 Å². The van der Waals surface area contributed by atoms with Gasteiger partial charge in [-0.05, 0) is 31.7 Å². The zero-order valence-electron chi connectivity index (χ0n) is 22.3. The van der Waals surface area contributed by atoms with Gasteiger partial charge in [-0.25, -0.2) is 13.8 Å². The van der Waals surface area contributed by atoms with Crippen molar-refractivity contribution >= 4 is 40.1 Å². The summed E-state index contributed by atoms with van der Waals surface area (Å²) in [6.07, 6.45) is 1.75. The van der Waals surface area contributed by atoms with E-state index in [1.54, 1.807) is 23.1 Å². The molecule has 0 spiro atoms. The normalized spacial score (nSPS) is 22.6. The molecule has 2 fully saturated rings. The van der Waals surface area contributed by atoms with Crippen LogP contribution < -0.4 is 21.3 Å². The molecular formula is C26H32ClF2N7O3. The standard InChI is InChI=1S/C26H32ClF2N7O3/c1-15-11-35(12-16(2)26(15,28)29)24-30-10-18(27)21(32-24)31-17-5-6-19-20(9-17)36(23(38)22(37)34(19)4)8-7-25(39)13-33(3)14-25/h5-6,9-10,15-16,39H,7-8,11-14H2,1-4H3,(H,30,31,32)/t15-,16+. The Hall–Kier alpha value is -3.09. The maximum Gasteiger partial charge on any atom is 0.316 e. The maximum absolute atomic E-state index is 14.4. The number of likely N-dealkylation sites (N-methyl/N-ethyl adjacent to an activating group) is 1. The summed E-state index contributed by atoms with van der Waals surface area (Å²) < 4.78 is 31.4. The van der Waals surface area contributed by atoms with E-state index in [9.17, 15) is 23.5 Å². The average molecular weight is 564 g/mol. The molecule has 2 saturated heterocycles. The molecule has 3 aromatic rings. The zero-order chi connectivity index (χ0) is 28.3. The van der Waals surface area contributed by atoms with Crippen molar-refractivity contribution in [3.8, 4) is 0 Å². The molecule has 0 aliphatic carbocycles. The van der Waals surface area contributed by atoms with Crippen LogP contribution in [0.2, 0.25) is 5.02 Å². The summed E-state index contributed by atoms with van der Waals surface area (Å²) in [6, 6.07) is 5.17. The van der Waals surface area contributed by atoms with Crippen LogP contribution in [0.1, 0.15) is 20.3 Å². The van der Waals surface area contributed by atoms with E-state index >= 15 is 0 Å². The van der Waals surface area contributed by atoms with E-state index in [1.165, 1.54) is 36.2 Å². The predicted octanol–water partition coefficient (Wildman–Crippen LogP) is 2.68. The first-order valence-corrected chi connectivity index (χ1v) is 13.2. The molecule has 13 heteroatoms. The third-order valence-electron chi connectivity index (χ3n) is 7.87. The number of nitrogens with one attached hydrogen (secondary N) is 1. The predicted molar refractivity (Wildman–Crippen MR) is 146 cm³/mol. The zero-order valence-corrected chi connectivity index (χ0v) is 23.0. The van der Waals surface area contributed by atoms with Crippen molar-refractivity contribution in [3.63, 3.8) is 0 Å². The van der Waals surface area contributed by atoms with E-state index in [1.807, 2.05) is 11.9 Å². The van der Waals surface area contributed by atoms with Gasteiger partial charge in [0.05, 0.1) is 22.8 Å². The lowest BCUT2D eigenvalue weighted by Gasteiger charge is -2.44. The van der Waals surface area contributed by atoms with Gasteiger partial charge in [0.1, 0.15) is 5.02 Å². The van der Waals surface area contributed by atoms with Gasteiger partial charge in [-0.1, -0.05) is 25.4 Å². The molecule has 4 heterocycles. The number of hydrogen-bond acceptors (Lipinski definition) is 8. The summed E-state index contributed by atoms with van der Waals surface area (Å²) in [5.74, 6) is -3.92. The molecule has 0 unspecified atom stereocenters. The monoisotopic (exact) mass is 563 g/mol. The van der Waals surface area contributed by atoms with E-state index in [0.29, 0.717) is 36.2 Å². The molecule has 0 saturated carbocycles. The van der Waals surface area contributed by atoms with Crippen LogP contribution >= 0.6 is 11.6 Å². The van der Waals surface area contributed by atoms with Crippen molar-refractivity contribution in [2.45, 2.75) is 38.3 Å². The van der Waals surface area contributed by atoms with Gasteiger partial charge in [0.2, 0.25) is 5.95 Å². The van der Waals surface area contributed by atoms with Crippen LogP contribution in [0.5, 0.6) is 0 Å². The van der Waals surface area contributed by atoms with Gasteiger partial charge in [0.15, 0.2) is 5.82 Å². The first kappa shape index (κ1) is 27.5. The Labute approximate surface area is 228 Å². The van der Waals surface area contributed by atoms with Crippen molar-refractivity contribution in [3.05, 3.63) is 50.1 Å². The average Bonchev–Trinajstić information content (AvgIpc) is 2.86. The topological polar surface area (TPSA) is 109 Å². The molecule has 39 heavy (non-hydrogen) atoms. The second kappa shape index (κ2) is 9.83. The van der Waals surface area contributed by atoms with E-state index in [-0.39, 0.29) is 36.4 Å². The van der Waals surface area contributed by atoms with Crippen LogP contribution in [0.4, 0.5) is 26.2 Å². The number of rotatable bonds is 6. The number of nitrogens with zero attached hydrogens (tertiary/aromatic N) is 6. The number of piperidine rings is 1. The summed E-state index contributed by atoms with van der Waals surface area (Å²) >= 11 is 6.38. The van der Waals surface area contributed by atoms with Gasteiger partial charge < -0.3 is 29.4 Å². The molecule has 10 nitrogen and oxygen atoms in total.